The summed E-state index contributed by atoms with van der Waals surface area (Å²) < 4.78 is 18.0. The third-order valence-electron chi connectivity index (χ3n) is 8.02. The maximum absolute atomic E-state index is 11.4. The molecule has 2 aliphatic rings. The van der Waals surface area contributed by atoms with Crippen molar-refractivity contribution in [2.24, 2.45) is 0 Å². The summed E-state index contributed by atoms with van der Waals surface area (Å²) in [7, 11) is 3.54. The molecule has 5 rings (SSSR count). The summed E-state index contributed by atoms with van der Waals surface area (Å²) in [6.45, 7) is 2.33. The van der Waals surface area contributed by atoms with Gasteiger partial charge in [0.25, 0.3) is 0 Å². The molecule has 182 valence electrons. The number of nitrogens with zero attached hydrogens (tertiary/aromatic N) is 1. The third kappa shape index (κ3) is 4.19. The van der Waals surface area contributed by atoms with Crippen LogP contribution in [0.2, 0.25) is 0 Å². The van der Waals surface area contributed by atoms with Gasteiger partial charge in [-0.1, -0.05) is 24.3 Å². The van der Waals surface area contributed by atoms with E-state index in [1.807, 2.05) is 12.1 Å². The van der Waals surface area contributed by atoms with Crippen LogP contribution >= 0.6 is 0 Å². The summed E-state index contributed by atoms with van der Waals surface area (Å²) in [6.07, 6.45) is 4.64. The number of para-hydroxylation sites is 2. The van der Waals surface area contributed by atoms with E-state index in [0.29, 0.717) is 23.9 Å². The van der Waals surface area contributed by atoms with Crippen molar-refractivity contribution in [2.45, 2.75) is 57.3 Å². The number of hydrogen-bond acceptors (Lipinski definition) is 4. The molecule has 2 fully saturated rings. The molecule has 0 radical (unpaired) electrons. The highest BCUT2D eigenvalue weighted by atomic mass is 16.5. The predicted octanol–water partition coefficient (Wildman–Crippen LogP) is 6.38. The molecular weight excluding hydrogens is 438 g/mol. The number of quaternary nitrogens is 1. The topological polar surface area (TPSA) is 44.8 Å². The molecule has 3 aromatic rings. The number of carbonyl (C=O) groups is 1. The minimum Gasteiger partial charge on any atom is -0.496 e. The molecule has 0 aliphatic carbocycles. The maximum atomic E-state index is 11.4. The second-order valence-corrected chi connectivity index (χ2v) is 9.71. The van der Waals surface area contributed by atoms with Crippen LogP contribution in [-0.2, 0) is 11.3 Å². The van der Waals surface area contributed by atoms with Crippen LogP contribution in [0.15, 0.2) is 72.8 Å². The van der Waals surface area contributed by atoms with Crippen molar-refractivity contribution < 1.29 is 23.5 Å². The molecule has 0 aromatic heterocycles. The second kappa shape index (κ2) is 9.74. The van der Waals surface area contributed by atoms with E-state index in [0.717, 1.165) is 35.4 Å². The Morgan fingerprint density at radius 3 is 1.77 bits per heavy atom. The van der Waals surface area contributed by atoms with Crippen LogP contribution in [0, 0.1) is 0 Å². The monoisotopic (exact) mass is 472 g/mol. The van der Waals surface area contributed by atoms with E-state index < -0.39 is 0 Å². The fourth-order valence-electron chi connectivity index (χ4n) is 6.74. The molecule has 0 spiro atoms. The predicted molar refractivity (Wildman–Crippen MR) is 135 cm³/mol. The number of esters is 1. The molecule has 5 heteroatoms. The van der Waals surface area contributed by atoms with E-state index in [2.05, 4.69) is 60.7 Å². The Kier molecular flexibility index (Phi) is 6.52. The molecule has 2 aliphatic heterocycles. The molecule has 35 heavy (non-hydrogen) atoms. The number of methoxy groups -OCH3 is 2. The van der Waals surface area contributed by atoms with Gasteiger partial charge in [0.15, 0.2) is 0 Å². The first-order chi connectivity index (χ1) is 17.1. The SMILES string of the molecule is COc1ccccc1[C@@H]1CCC2CC[C@@H](c3ccccc3OC)[N+]21Cc1ccc(OC(C)=O)cc1. The zero-order valence-corrected chi connectivity index (χ0v) is 20.8. The van der Waals surface area contributed by atoms with E-state index in [1.54, 1.807) is 14.2 Å². The van der Waals surface area contributed by atoms with E-state index >= 15 is 0 Å². The highest BCUT2D eigenvalue weighted by Crippen LogP contribution is 2.60. The molecule has 0 N–H and O–H groups in total. The summed E-state index contributed by atoms with van der Waals surface area (Å²) in [6, 6.07) is 26.3. The average Bonchev–Trinajstić information content (AvgIpc) is 3.41. The van der Waals surface area contributed by atoms with Crippen molar-refractivity contribution >= 4 is 5.97 Å². The van der Waals surface area contributed by atoms with Crippen molar-refractivity contribution in [1.29, 1.82) is 0 Å². The summed E-state index contributed by atoms with van der Waals surface area (Å²) in [4.78, 5) is 11.4. The molecule has 2 atom stereocenters. The van der Waals surface area contributed by atoms with Crippen molar-refractivity contribution in [2.75, 3.05) is 14.2 Å². The van der Waals surface area contributed by atoms with Crippen LogP contribution in [0.5, 0.6) is 17.2 Å². The van der Waals surface area contributed by atoms with E-state index in [1.165, 1.54) is 36.5 Å². The Morgan fingerprint density at radius 1 is 0.771 bits per heavy atom. The Hall–Kier alpha value is -3.31. The Morgan fingerprint density at radius 2 is 1.29 bits per heavy atom. The Labute approximate surface area is 207 Å². The van der Waals surface area contributed by atoms with Crippen LogP contribution in [0.4, 0.5) is 0 Å². The summed E-state index contributed by atoms with van der Waals surface area (Å²) in [5.41, 5.74) is 3.82. The molecule has 0 amide bonds. The number of hydrogen-bond donors (Lipinski definition) is 0. The van der Waals surface area contributed by atoms with Crippen LogP contribution < -0.4 is 14.2 Å². The molecular formula is C30H34NO4+. The minimum absolute atomic E-state index is 0.300. The summed E-state index contributed by atoms with van der Waals surface area (Å²) in [5, 5.41) is 0. The lowest BCUT2D eigenvalue weighted by Gasteiger charge is -2.46. The maximum Gasteiger partial charge on any atom is 0.308 e. The van der Waals surface area contributed by atoms with Gasteiger partial charge in [-0.15, -0.1) is 0 Å². The standard InChI is InChI=1S/C30H34NO4/c1-21(32)35-24-16-12-22(13-17-24)20-31-23(14-18-27(31)25-8-4-6-10-29(25)33-2)15-19-28(31)26-9-5-7-11-30(26)34-3/h4-13,16-17,23,27-28H,14-15,18-20H2,1-3H3/q+1/t23?,27-,28-,31?/m0/s1. The largest absolute Gasteiger partial charge is 0.496 e. The summed E-state index contributed by atoms with van der Waals surface area (Å²) >= 11 is 0. The lowest BCUT2D eigenvalue weighted by Crippen LogP contribution is -2.50. The quantitative estimate of drug-likeness (QED) is 0.227. The van der Waals surface area contributed by atoms with E-state index in [-0.39, 0.29) is 5.97 Å². The van der Waals surface area contributed by atoms with Gasteiger partial charge in [-0.25, -0.2) is 0 Å². The van der Waals surface area contributed by atoms with Crippen LogP contribution in [0.3, 0.4) is 0 Å². The average molecular weight is 473 g/mol. The van der Waals surface area contributed by atoms with Gasteiger partial charge in [-0.05, 0) is 48.5 Å². The van der Waals surface area contributed by atoms with Gasteiger partial charge in [-0.3, -0.25) is 4.79 Å². The third-order valence-corrected chi connectivity index (χ3v) is 8.02. The molecule has 3 aromatic carbocycles. The van der Waals surface area contributed by atoms with Gasteiger partial charge >= 0.3 is 5.97 Å². The van der Waals surface area contributed by atoms with Gasteiger partial charge in [0.1, 0.15) is 35.9 Å². The fourth-order valence-corrected chi connectivity index (χ4v) is 6.74. The number of rotatable bonds is 7. The van der Waals surface area contributed by atoms with Gasteiger partial charge in [0.2, 0.25) is 0 Å². The van der Waals surface area contributed by atoms with Crippen molar-refractivity contribution in [1.82, 2.24) is 0 Å². The molecule has 5 nitrogen and oxygen atoms in total. The number of carbonyl (C=O) groups excluding carboxylic acids is 1. The molecule has 0 saturated carbocycles. The van der Waals surface area contributed by atoms with Crippen molar-refractivity contribution in [3.05, 3.63) is 89.5 Å². The van der Waals surface area contributed by atoms with Crippen LogP contribution in [0.1, 0.15) is 61.4 Å². The number of benzene rings is 3. The molecule has 2 heterocycles. The lowest BCUT2D eigenvalue weighted by molar-refractivity contribution is -0.994. The van der Waals surface area contributed by atoms with Crippen molar-refractivity contribution in [3.8, 4) is 17.2 Å². The fraction of sp³-hybridized carbons (Fsp3) is 0.367. The zero-order valence-electron chi connectivity index (χ0n) is 20.8. The van der Waals surface area contributed by atoms with E-state index in [9.17, 15) is 4.79 Å². The smallest absolute Gasteiger partial charge is 0.308 e. The van der Waals surface area contributed by atoms with Crippen LogP contribution in [0.25, 0.3) is 0 Å². The van der Waals surface area contributed by atoms with Gasteiger partial charge in [0.05, 0.1) is 31.4 Å². The Balaban J connectivity index is 1.62. The first kappa shape index (κ1) is 23.4. The molecule has 0 unspecified atom stereocenters. The lowest BCUT2D eigenvalue weighted by atomic mass is 9.94. The number of ether oxygens (including phenoxy) is 3. The first-order valence-corrected chi connectivity index (χ1v) is 12.5. The second-order valence-electron chi connectivity index (χ2n) is 9.71. The molecule has 2 saturated heterocycles. The molecule has 0 bridgehead atoms. The summed E-state index contributed by atoms with van der Waals surface area (Å²) in [5.74, 6) is 2.22. The van der Waals surface area contributed by atoms with Crippen LogP contribution in [-0.4, -0.2) is 30.7 Å². The normalized spacial score (nSPS) is 25.2. The minimum atomic E-state index is -0.300. The highest BCUT2D eigenvalue weighted by Gasteiger charge is 2.59. The number of fused-ring (bicyclic) bond motifs is 1. The van der Waals surface area contributed by atoms with Gasteiger partial charge in [0, 0.05) is 38.2 Å². The highest BCUT2D eigenvalue weighted by molar-refractivity contribution is 5.69. The zero-order chi connectivity index (χ0) is 24.4. The van der Waals surface area contributed by atoms with Gasteiger partial charge in [-0.2, -0.15) is 0 Å². The van der Waals surface area contributed by atoms with Crippen molar-refractivity contribution in [3.63, 3.8) is 0 Å². The Bertz CT molecular complexity index is 1130. The first-order valence-electron chi connectivity index (χ1n) is 12.5. The van der Waals surface area contributed by atoms with E-state index in [4.69, 9.17) is 14.2 Å². The van der Waals surface area contributed by atoms with Gasteiger partial charge < -0.3 is 18.7 Å².